The lowest BCUT2D eigenvalue weighted by Gasteiger charge is -2.30. The van der Waals surface area contributed by atoms with Crippen molar-refractivity contribution in [2.24, 2.45) is 0 Å². The molecule has 2 rings (SSSR count). The average molecular weight is 274 g/mol. The van der Waals surface area contributed by atoms with Crippen molar-refractivity contribution in [2.45, 2.75) is 35.5 Å². The molecular weight excluding hydrogens is 256 g/mol. The summed E-state index contributed by atoms with van der Waals surface area (Å²) in [6.45, 7) is 4.51. The van der Waals surface area contributed by atoms with Crippen LogP contribution >= 0.6 is 25.3 Å². The molecule has 0 aromatic heterocycles. The van der Waals surface area contributed by atoms with Gasteiger partial charge in [0, 0.05) is 15.2 Å². The Morgan fingerprint density at radius 1 is 0.778 bits per heavy atom. The molecule has 0 unspecified atom stereocenters. The summed E-state index contributed by atoms with van der Waals surface area (Å²) in [7, 11) is 0. The lowest BCUT2D eigenvalue weighted by atomic mass is 9.74. The van der Waals surface area contributed by atoms with Crippen molar-refractivity contribution in [3.63, 3.8) is 0 Å². The van der Waals surface area contributed by atoms with Gasteiger partial charge in [-0.1, -0.05) is 38.1 Å². The van der Waals surface area contributed by atoms with Crippen LogP contribution in [-0.4, -0.2) is 0 Å². The molecule has 2 heteroatoms. The van der Waals surface area contributed by atoms with E-state index in [1.807, 2.05) is 0 Å². The van der Waals surface area contributed by atoms with E-state index in [0.29, 0.717) is 0 Å². The monoisotopic (exact) mass is 274 g/mol. The molecule has 0 aliphatic carbocycles. The minimum atomic E-state index is 0.0446. The lowest BCUT2D eigenvalue weighted by Crippen LogP contribution is -2.22. The van der Waals surface area contributed by atoms with E-state index < -0.39 is 0 Å². The van der Waals surface area contributed by atoms with Gasteiger partial charge in [-0.3, -0.25) is 0 Å². The summed E-state index contributed by atoms with van der Waals surface area (Å²) in [5.74, 6) is 0. The van der Waals surface area contributed by atoms with Crippen LogP contribution < -0.4 is 0 Å². The van der Waals surface area contributed by atoms with E-state index in [0.717, 1.165) is 16.2 Å². The van der Waals surface area contributed by atoms with Crippen LogP contribution in [-0.2, 0) is 5.41 Å². The third-order valence-corrected chi connectivity index (χ3v) is 4.31. The van der Waals surface area contributed by atoms with E-state index in [-0.39, 0.29) is 5.41 Å². The summed E-state index contributed by atoms with van der Waals surface area (Å²) in [5, 5.41) is 0. The number of benzene rings is 2. The van der Waals surface area contributed by atoms with Gasteiger partial charge >= 0.3 is 0 Å². The van der Waals surface area contributed by atoms with Crippen LogP contribution in [0.15, 0.2) is 58.3 Å². The van der Waals surface area contributed by atoms with Gasteiger partial charge in [-0.25, -0.2) is 0 Å². The Morgan fingerprint density at radius 3 is 1.39 bits per heavy atom. The number of rotatable bonds is 3. The van der Waals surface area contributed by atoms with Crippen LogP contribution in [0.1, 0.15) is 31.4 Å². The molecule has 0 nitrogen and oxygen atoms in total. The van der Waals surface area contributed by atoms with Crippen molar-refractivity contribution < 1.29 is 0 Å². The fraction of sp³-hybridized carbons (Fsp3) is 0.250. The van der Waals surface area contributed by atoms with Gasteiger partial charge in [-0.2, -0.15) is 0 Å². The minimum Gasteiger partial charge on any atom is -0.143 e. The molecule has 2 aromatic carbocycles. The maximum absolute atomic E-state index is 4.35. The Bertz CT molecular complexity index is 466. The molecule has 0 saturated heterocycles. The van der Waals surface area contributed by atoms with Gasteiger partial charge in [-0.15, -0.1) is 25.3 Å². The Labute approximate surface area is 120 Å². The Kier molecular flexibility index (Phi) is 4.08. The van der Waals surface area contributed by atoms with Gasteiger partial charge < -0.3 is 0 Å². The Hall–Kier alpha value is -0.860. The lowest BCUT2D eigenvalue weighted by molar-refractivity contribution is 0.549. The Balaban J connectivity index is 2.47. The van der Waals surface area contributed by atoms with Crippen LogP contribution in [0, 0.1) is 0 Å². The first-order valence-corrected chi connectivity index (χ1v) is 7.05. The van der Waals surface area contributed by atoms with Crippen molar-refractivity contribution in [3.05, 3.63) is 59.7 Å². The standard InChI is InChI=1S/C16H18S2/c1-3-16(2,12-4-8-14(17)9-5-12)13-6-10-15(18)11-7-13/h4-11,17-18H,3H2,1-2H3. The van der Waals surface area contributed by atoms with Crippen LogP contribution in [0.4, 0.5) is 0 Å². The van der Waals surface area contributed by atoms with E-state index in [1.54, 1.807) is 0 Å². The van der Waals surface area contributed by atoms with Gasteiger partial charge in [0.1, 0.15) is 0 Å². The van der Waals surface area contributed by atoms with Gasteiger partial charge in [0.25, 0.3) is 0 Å². The summed E-state index contributed by atoms with van der Waals surface area (Å²) in [6, 6.07) is 16.9. The van der Waals surface area contributed by atoms with E-state index in [1.165, 1.54) is 11.1 Å². The highest BCUT2D eigenvalue weighted by molar-refractivity contribution is 7.80. The quantitative estimate of drug-likeness (QED) is 0.725. The highest BCUT2D eigenvalue weighted by Gasteiger charge is 2.26. The molecule has 0 fully saturated rings. The second-order valence-electron chi connectivity index (χ2n) is 4.78. The summed E-state index contributed by atoms with van der Waals surface area (Å²) in [4.78, 5) is 2.01. The largest absolute Gasteiger partial charge is 0.143 e. The van der Waals surface area contributed by atoms with E-state index in [4.69, 9.17) is 0 Å². The average Bonchev–Trinajstić information content (AvgIpc) is 2.39. The van der Waals surface area contributed by atoms with Gasteiger partial charge in [0.15, 0.2) is 0 Å². The molecule has 0 saturated carbocycles. The summed E-state index contributed by atoms with van der Waals surface area (Å²) in [5.41, 5.74) is 2.70. The number of hydrogen-bond donors (Lipinski definition) is 2. The summed E-state index contributed by atoms with van der Waals surface area (Å²) >= 11 is 8.69. The van der Waals surface area contributed by atoms with Crippen LogP contribution in [0.2, 0.25) is 0 Å². The predicted octanol–water partition coefficient (Wildman–Crippen LogP) is 4.98. The third kappa shape index (κ3) is 2.60. The van der Waals surface area contributed by atoms with Crippen LogP contribution in [0.5, 0.6) is 0 Å². The summed E-state index contributed by atoms with van der Waals surface area (Å²) in [6.07, 6.45) is 1.06. The Morgan fingerprint density at radius 2 is 1.11 bits per heavy atom. The first kappa shape index (κ1) is 13.6. The number of hydrogen-bond acceptors (Lipinski definition) is 2. The molecule has 0 atom stereocenters. The van der Waals surface area contributed by atoms with E-state index >= 15 is 0 Å². The zero-order valence-electron chi connectivity index (χ0n) is 10.7. The topological polar surface area (TPSA) is 0 Å². The molecule has 94 valence electrons. The van der Waals surface area contributed by atoms with Crippen molar-refractivity contribution >= 4 is 25.3 Å². The second kappa shape index (κ2) is 5.41. The third-order valence-electron chi connectivity index (χ3n) is 3.72. The van der Waals surface area contributed by atoms with Crippen molar-refractivity contribution in [1.29, 1.82) is 0 Å². The van der Waals surface area contributed by atoms with E-state index in [2.05, 4.69) is 87.6 Å². The molecular formula is C16H18S2. The maximum atomic E-state index is 4.35. The summed E-state index contributed by atoms with van der Waals surface area (Å²) < 4.78 is 0. The highest BCUT2D eigenvalue weighted by atomic mass is 32.1. The molecule has 0 bridgehead atoms. The number of thiol groups is 2. The smallest absolute Gasteiger partial charge is 0.0172 e. The van der Waals surface area contributed by atoms with Gasteiger partial charge in [0.05, 0.1) is 0 Å². The first-order valence-electron chi connectivity index (χ1n) is 6.15. The van der Waals surface area contributed by atoms with Crippen molar-refractivity contribution in [3.8, 4) is 0 Å². The molecule has 2 aromatic rings. The van der Waals surface area contributed by atoms with E-state index in [9.17, 15) is 0 Å². The first-order chi connectivity index (χ1) is 8.56. The zero-order valence-corrected chi connectivity index (χ0v) is 12.5. The second-order valence-corrected chi connectivity index (χ2v) is 5.81. The fourth-order valence-corrected chi connectivity index (χ4v) is 2.53. The maximum Gasteiger partial charge on any atom is 0.0172 e. The van der Waals surface area contributed by atoms with Crippen molar-refractivity contribution in [2.75, 3.05) is 0 Å². The van der Waals surface area contributed by atoms with Gasteiger partial charge in [0.2, 0.25) is 0 Å². The highest BCUT2D eigenvalue weighted by Crippen LogP contribution is 2.35. The SMILES string of the molecule is CCC(C)(c1ccc(S)cc1)c1ccc(S)cc1. The predicted molar refractivity (Wildman–Crippen MR) is 84.1 cm³/mol. The minimum absolute atomic E-state index is 0.0446. The molecule has 18 heavy (non-hydrogen) atoms. The van der Waals surface area contributed by atoms with Crippen LogP contribution in [0.25, 0.3) is 0 Å². The molecule has 0 radical (unpaired) electrons. The van der Waals surface area contributed by atoms with Gasteiger partial charge in [-0.05, 0) is 41.8 Å². The van der Waals surface area contributed by atoms with Crippen molar-refractivity contribution in [1.82, 2.24) is 0 Å². The molecule has 0 N–H and O–H groups in total. The fourth-order valence-electron chi connectivity index (χ4n) is 2.23. The molecule has 0 aliphatic rings. The zero-order chi connectivity index (χ0) is 13.2. The molecule has 0 amide bonds. The van der Waals surface area contributed by atoms with Crippen LogP contribution in [0.3, 0.4) is 0 Å². The molecule has 0 spiro atoms. The molecule has 0 heterocycles. The molecule has 0 aliphatic heterocycles. The normalized spacial score (nSPS) is 11.6.